The van der Waals surface area contributed by atoms with E-state index >= 15 is 0 Å². The van der Waals surface area contributed by atoms with Crippen LogP contribution in [0.25, 0.3) is 11.0 Å². The number of rotatable bonds is 4. The zero-order chi connectivity index (χ0) is 14.8. The van der Waals surface area contributed by atoms with Crippen LogP contribution in [0, 0.1) is 0 Å². The molecule has 1 aromatic carbocycles. The highest BCUT2D eigenvalue weighted by molar-refractivity contribution is 5.74. The van der Waals surface area contributed by atoms with Crippen LogP contribution in [0.1, 0.15) is 30.6 Å². The number of nitrogen functional groups attached to an aromatic ring is 1. The Bertz CT molecular complexity index is 800. The molecular formula is C15H17N5O. The molecule has 2 aromatic heterocycles. The number of aromatic nitrogens is 4. The Morgan fingerprint density at radius 1 is 1.14 bits per heavy atom. The summed E-state index contributed by atoms with van der Waals surface area (Å²) in [6.07, 6.45) is 1.91. The van der Waals surface area contributed by atoms with Gasteiger partial charge in [-0.1, -0.05) is 25.5 Å². The molecule has 0 atom stereocenters. The van der Waals surface area contributed by atoms with Crippen LogP contribution in [-0.2, 0) is 12.8 Å². The Labute approximate surface area is 121 Å². The molecule has 21 heavy (non-hydrogen) atoms. The molecule has 0 bridgehead atoms. The maximum absolute atomic E-state index is 12.0. The van der Waals surface area contributed by atoms with Gasteiger partial charge in [-0.3, -0.25) is 4.79 Å². The second kappa shape index (κ2) is 5.40. The second-order valence-corrected chi connectivity index (χ2v) is 5.00. The number of nitrogens with zero attached hydrogens (tertiary/aromatic N) is 2. The summed E-state index contributed by atoms with van der Waals surface area (Å²) >= 11 is 0. The first-order chi connectivity index (χ1) is 10.2. The molecule has 0 amide bonds. The van der Waals surface area contributed by atoms with Crippen LogP contribution < -0.4 is 11.3 Å². The van der Waals surface area contributed by atoms with Gasteiger partial charge in [-0.25, -0.2) is 9.97 Å². The minimum atomic E-state index is -0.157. The lowest BCUT2D eigenvalue weighted by atomic mass is 10.2. The fraction of sp³-hybridized carbons (Fsp3) is 0.267. The summed E-state index contributed by atoms with van der Waals surface area (Å²) in [7, 11) is 0. The Kier molecular flexibility index (Phi) is 3.43. The van der Waals surface area contributed by atoms with E-state index in [0.29, 0.717) is 30.0 Å². The van der Waals surface area contributed by atoms with E-state index in [2.05, 4.69) is 19.9 Å². The molecule has 0 aliphatic heterocycles. The summed E-state index contributed by atoms with van der Waals surface area (Å²) in [5.41, 5.74) is 8.14. The number of anilines is 1. The molecule has 6 nitrogen and oxygen atoms in total. The van der Waals surface area contributed by atoms with E-state index < -0.39 is 0 Å². The SMILES string of the molecule is CCCc1c(N)nc(Cc2nc3ccccc3[nH]2)[nH]c1=O. The summed E-state index contributed by atoms with van der Waals surface area (Å²) < 4.78 is 0. The van der Waals surface area contributed by atoms with Crippen LogP contribution in [0.15, 0.2) is 29.1 Å². The molecule has 4 N–H and O–H groups in total. The molecule has 0 spiro atoms. The quantitative estimate of drug-likeness (QED) is 0.679. The standard InChI is InChI=1S/C15H17N5O/c1-2-5-9-14(16)19-13(20-15(9)21)8-12-17-10-6-3-4-7-11(10)18-12/h3-4,6-7H,2,5,8H2,1H3,(H,17,18)(H3,16,19,20,21). The number of benzene rings is 1. The van der Waals surface area contributed by atoms with Crippen molar-refractivity contribution in [2.45, 2.75) is 26.2 Å². The molecule has 0 saturated carbocycles. The molecule has 3 rings (SSSR count). The Hall–Kier alpha value is -2.63. The van der Waals surface area contributed by atoms with Crippen molar-refractivity contribution in [1.29, 1.82) is 0 Å². The highest BCUT2D eigenvalue weighted by Gasteiger charge is 2.10. The molecule has 0 saturated heterocycles. The minimum Gasteiger partial charge on any atom is -0.383 e. The van der Waals surface area contributed by atoms with Gasteiger partial charge in [0.1, 0.15) is 17.5 Å². The van der Waals surface area contributed by atoms with Gasteiger partial charge in [0.25, 0.3) is 5.56 Å². The Morgan fingerprint density at radius 3 is 2.62 bits per heavy atom. The van der Waals surface area contributed by atoms with Crippen molar-refractivity contribution in [3.8, 4) is 0 Å². The number of nitrogens with two attached hydrogens (primary N) is 1. The van der Waals surface area contributed by atoms with Gasteiger partial charge >= 0.3 is 0 Å². The molecular weight excluding hydrogens is 266 g/mol. The lowest BCUT2D eigenvalue weighted by Crippen LogP contribution is -2.20. The maximum Gasteiger partial charge on any atom is 0.256 e. The number of para-hydroxylation sites is 2. The van der Waals surface area contributed by atoms with Crippen LogP contribution in [0.5, 0.6) is 0 Å². The van der Waals surface area contributed by atoms with Crippen LogP contribution in [0.2, 0.25) is 0 Å². The number of imidazole rings is 1. The molecule has 0 aliphatic carbocycles. The number of aromatic amines is 2. The van der Waals surface area contributed by atoms with Crippen LogP contribution in [0.3, 0.4) is 0 Å². The normalized spacial score (nSPS) is 11.1. The third-order valence-electron chi connectivity index (χ3n) is 3.37. The summed E-state index contributed by atoms with van der Waals surface area (Å²) in [4.78, 5) is 26.8. The van der Waals surface area contributed by atoms with E-state index in [1.807, 2.05) is 31.2 Å². The smallest absolute Gasteiger partial charge is 0.256 e. The third kappa shape index (κ3) is 2.65. The van der Waals surface area contributed by atoms with Crippen molar-refractivity contribution in [3.63, 3.8) is 0 Å². The van der Waals surface area contributed by atoms with Gasteiger partial charge in [-0.05, 0) is 18.6 Å². The van der Waals surface area contributed by atoms with E-state index in [1.54, 1.807) is 0 Å². The van der Waals surface area contributed by atoms with Crippen molar-refractivity contribution >= 4 is 16.9 Å². The first kappa shape index (κ1) is 13.4. The second-order valence-electron chi connectivity index (χ2n) is 5.00. The predicted molar refractivity (Wildman–Crippen MR) is 82.2 cm³/mol. The first-order valence-electron chi connectivity index (χ1n) is 6.98. The summed E-state index contributed by atoms with van der Waals surface area (Å²) in [6, 6.07) is 7.78. The van der Waals surface area contributed by atoms with Crippen molar-refractivity contribution < 1.29 is 0 Å². The molecule has 2 heterocycles. The lowest BCUT2D eigenvalue weighted by molar-refractivity contribution is 0.850. The van der Waals surface area contributed by atoms with Gasteiger partial charge in [-0.15, -0.1) is 0 Å². The number of hydrogen-bond acceptors (Lipinski definition) is 4. The van der Waals surface area contributed by atoms with E-state index in [0.717, 1.165) is 23.3 Å². The molecule has 0 unspecified atom stereocenters. The number of nitrogens with one attached hydrogen (secondary N) is 2. The van der Waals surface area contributed by atoms with Gasteiger partial charge in [0.2, 0.25) is 0 Å². The topological polar surface area (TPSA) is 100 Å². The van der Waals surface area contributed by atoms with Crippen molar-refractivity contribution in [2.24, 2.45) is 0 Å². The van der Waals surface area contributed by atoms with Gasteiger partial charge < -0.3 is 15.7 Å². The van der Waals surface area contributed by atoms with E-state index in [9.17, 15) is 4.79 Å². The molecule has 0 aliphatic rings. The van der Waals surface area contributed by atoms with Gasteiger partial charge in [-0.2, -0.15) is 0 Å². The zero-order valence-electron chi connectivity index (χ0n) is 11.8. The van der Waals surface area contributed by atoms with Crippen molar-refractivity contribution in [2.75, 3.05) is 5.73 Å². The first-order valence-corrected chi connectivity index (χ1v) is 6.98. The molecule has 108 valence electrons. The fourth-order valence-corrected chi connectivity index (χ4v) is 2.39. The maximum atomic E-state index is 12.0. The highest BCUT2D eigenvalue weighted by atomic mass is 16.1. The van der Waals surface area contributed by atoms with Crippen LogP contribution >= 0.6 is 0 Å². The summed E-state index contributed by atoms with van der Waals surface area (Å²) in [6.45, 7) is 2.00. The minimum absolute atomic E-state index is 0.157. The van der Waals surface area contributed by atoms with Crippen LogP contribution in [0.4, 0.5) is 5.82 Å². The third-order valence-corrected chi connectivity index (χ3v) is 3.37. The van der Waals surface area contributed by atoms with E-state index in [1.165, 1.54) is 0 Å². The van der Waals surface area contributed by atoms with E-state index in [4.69, 9.17) is 5.73 Å². The Balaban J connectivity index is 1.92. The average Bonchev–Trinajstić information content (AvgIpc) is 2.85. The van der Waals surface area contributed by atoms with Gasteiger partial charge in [0.15, 0.2) is 0 Å². The summed E-state index contributed by atoms with van der Waals surface area (Å²) in [5, 5.41) is 0. The number of hydrogen-bond donors (Lipinski definition) is 3. The molecule has 0 fully saturated rings. The Morgan fingerprint density at radius 2 is 1.90 bits per heavy atom. The van der Waals surface area contributed by atoms with Crippen LogP contribution in [-0.4, -0.2) is 19.9 Å². The van der Waals surface area contributed by atoms with Crippen molar-refractivity contribution in [3.05, 3.63) is 51.8 Å². The monoisotopic (exact) mass is 283 g/mol. The van der Waals surface area contributed by atoms with E-state index in [-0.39, 0.29) is 5.56 Å². The molecule has 0 radical (unpaired) electrons. The molecule has 3 aromatic rings. The predicted octanol–water partition coefficient (Wildman–Crippen LogP) is 1.77. The number of fused-ring (bicyclic) bond motifs is 1. The fourth-order valence-electron chi connectivity index (χ4n) is 2.39. The molecule has 6 heteroatoms. The zero-order valence-corrected chi connectivity index (χ0v) is 11.8. The van der Waals surface area contributed by atoms with Gasteiger partial charge in [0.05, 0.1) is 23.0 Å². The highest BCUT2D eigenvalue weighted by Crippen LogP contribution is 2.13. The van der Waals surface area contributed by atoms with Crippen molar-refractivity contribution in [1.82, 2.24) is 19.9 Å². The average molecular weight is 283 g/mol. The summed E-state index contributed by atoms with van der Waals surface area (Å²) in [5.74, 6) is 1.59. The number of H-pyrrole nitrogens is 2. The lowest BCUT2D eigenvalue weighted by Gasteiger charge is -2.05. The largest absolute Gasteiger partial charge is 0.383 e. The van der Waals surface area contributed by atoms with Gasteiger partial charge in [0, 0.05) is 0 Å².